The number of hydrogen-bond donors (Lipinski definition) is 1. The van der Waals surface area contributed by atoms with Crippen LogP contribution in [-0.2, 0) is 6.54 Å². The molecule has 15 heavy (non-hydrogen) atoms. The van der Waals surface area contributed by atoms with Crippen LogP contribution >= 0.6 is 11.8 Å². The van der Waals surface area contributed by atoms with E-state index in [2.05, 4.69) is 4.98 Å². The van der Waals surface area contributed by atoms with Gasteiger partial charge in [0, 0.05) is 30.8 Å². The normalized spacial score (nSPS) is 12.7. The van der Waals surface area contributed by atoms with Crippen molar-refractivity contribution >= 4 is 11.8 Å². The fourth-order valence-electron chi connectivity index (χ4n) is 1.19. The van der Waals surface area contributed by atoms with Gasteiger partial charge in [-0.1, -0.05) is 18.7 Å². The van der Waals surface area contributed by atoms with Gasteiger partial charge in [0.1, 0.15) is 0 Å². The number of hydrogen-bond acceptors (Lipinski definition) is 4. The predicted octanol–water partition coefficient (Wildman–Crippen LogP) is 1.13. The average Bonchev–Trinajstić information content (AvgIpc) is 2.21. The van der Waals surface area contributed by atoms with E-state index in [1.807, 2.05) is 13.8 Å². The lowest BCUT2D eigenvalue weighted by Gasteiger charge is -2.09. The molecule has 1 N–H and O–H groups in total. The summed E-state index contributed by atoms with van der Waals surface area (Å²) in [5.41, 5.74) is -0.0465. The molecule has 0 fully saturated rings. The molecule has 1 aromatic heterocycles. The SMILES string of the molecule is CCn1ccnc(SC(C)CCO)c1=O. The maximum Gasteiger partial charge on any atom is 0.283 e. The third kappa shape index (κ3) is 3.35. The van der Waals surface area contributed by atoms with Crippen molar-refractivity contribution in [2.75, 3.05) is 6.61 Å². The highest BCUT2D eigenvalue weighted by Crippen LogP contribution is 2.19. The lowest BCUT2D eigenvalue weighted by molar-refractivity contribution is 0.289. The second-order valence-corrected chi connectivity index (χ2v) is 4.69. The van der Waals surface area contributed by atoms with E-state index in [9.17, 15) is 4.79 Å². The molecule has 0 radical (unpaired) electrons. The molecule has 0 saturated carbocycles. The third-order valence-corrected chi connectivity index (χ3v) is 3.21. The summed E-state index contributed by atoms with van der Waals surface area (Å²) in [4.78, 5) is 15.8. The molecule has 0 aliphatic carbocycles. The molecule has 1 heterocycles. The van der Waals surface area contributed by atoms with Gasteiger partial charge >= 0.3 is 0 Å². The van der Waals surface area contributed by atoms with Crippen molar-refractivity contribution in [3.05, 3.63) is 22.7 Å². The Labute approximate surface area is 93.3 Å². The number of rotatable bonds is 5. The zero-order chi connectivity index (χ0) is 11.3. The van der Waals surface area contributed by atoms with Crippen molar-refractivity contribution in [2.45, 2.75) is 37.1 Å². The second kappa shape index (κ2) is 5.92. The molecule has 1 rings (SSSR count). The summed E-state index contributed by atoms with van der Waals surface area (Å²) in [6, 6.07) is 0. The van der Waals surface area contributed by atoms with Gasteiger partial charge in [0.25, 0.3) is 5.56 Å². The van der Waals surface area contributed by atoms with Gasteiger partial charge in [-0.25, -0.2) is 4.98 Å². The van der Waals surface area contributed by atoms with Crippen molar-refractivity contribution in [3.63, 3.8) is 0 Å². The van der Waals surface area contributed by atoms with Gasteiger partial charge in [-0.05, 0) is 13.3 Å². The van der Waals surface area contributed by atoms with Crippen molar-refractivity contribution in [2.24, 2.45) is 0 Å². The fraction of sp³-hybridized carbons (Fsp3) is 0.600. The molecule has 0 bridgehead atoms. The highest BCUT2D eigenvalue weighted by molar-refractivity contribution is 7.99. The van der Waals surface area contributed by atoms with Crippen LogP contribution in [0.1, 0.15) is 20.3 Å². The summed E-state index contributed by atoms with van der Waals surface area (Å²) in [6.45, 7) is 4.70. The number of aliphatic hydroxyl groups is 1. The Morgan fingerprint density at radius 2 is 2.40 bits per heavy atom. The third-order valence-electron chi connectivity index (χ3n) is 2.07. The molecule has 0 aliphatic heterocycles. The van der Waals surface area contributed by atoms with Gasteiger partial charge in [-0.3, -0.25) is 4.79 Å². The van der Waals surface area contributed by atoms with Gasteiger partial charge in [-0.15, -0.1) is 0 Å². The number of nitrogens with zero attached hydrogens (tertiary/aromatic N) is 2. The molecule has 1 aromatic rings. The zero-order valence-electron chi connectivity index (χ0n) is 9.01. The van der Waals surface area contributed by atoms with Crippen LogP contribution < -0.4 is 5.56 Å². The largest absolute Gasteiger partial charge is 0.396 e. The van der Waals surface area contributed by atoms with E-state index >= 15 is 0 Å². The monoisotopic (exact) mass is 228 g/mol. The summed E-state index contributed by atoms with van der Waals surface area (Å²) >= 11 is 1.42. The van der Waals surface area contributed by atoms with Crippen LogP contribution in [0.3, 0.4) is 0 Å². The van der Waals surface area contributed by atoms with Crippen LogP contribution in [0.4, 0.5) is 0 Å². The van der Waals surface area contributed by atoms with Crippen molar-refractivity contribution in [3.8, 4) is 0 Å². The molecule has 0 aromatic carbocycles. The first kappa shape index (κ1) is 12.3. The van der Waals surface area contributed by atoms with E-state index in [-0.39, 0.29) is 17.4 Å². The van der Waals surface area contributed by atoms with E-state index in [1.54, 1.807) is 17.0 Å². The summed E-state index contributed by atoms with van der Waals surface area (Å²) in [6.07, 6.45) is 3.99. The molecule has 0 amide bonds. The number of thioether (sulfide) groups is 1. The van der Waals surface area contributed by atoms with E-state index in [4.69, 9.17) is 5.11 Å². The molecule has 1 atom stereocenters. The molecule has 0 aliphatic rings. The summed E-state index contributed by atoms with van der Waals surface area (Å²) in [5.74, 6) is 0. The van der Waals surface area contributed by atoms with Crippen LogP contribution in [0.2, 0.25) is 0 Å². The minimum Gasteiger partial charge on any atom is -0.396 e. The number of aliphatic hydroxyl groups excluding tert-OH is 1. The van der Waals surface area contributed by atoms with Gasteiger partial charge < -0.3 is 9.67 Å². The minimum absolute atomic E-state index is 0.0465. The first-order valence-electron chi connectivity index (χ1n) is 5.02. The van der Waals surface area contributed by atoms with Crippen LogP contribution in [0.15, 0.2) is 22.2 Å². The number of aryl methyl sites for hydroxylation is 1. The lowest BCUT2D eigenvalue weighted by atomic mass is 10.3. The van der Waals surface area contributed by atoms with Crippen molar-refractivity contribution < 1.29 is 5.11 Å². The molecule has 0 spiro atoms. The first-order chi connectivity index (χ1) is 7.19. The van der Waals surface area contributed by atoms with Gasteiger partial charge in [0.15, 0.2) is 5.03 Å². The highest BCUT2D eigenvalue weighted by atomic mass is 32.2. The molecule has 5 heteroatoms. The van der Waals surface area contributed by atoms with Gasteiger partial charge in [-0.2, -0.15) is 0 Å². The Bertz CT molecular complexity index is 365. The minimum atomic E-state index is -0.0465. The van der Waals surface area contributed by atoms with Crippen LogP contribution in [0.5, 0.6) is 0 Å². The Morgan fingerprint density at radius 3 is 3.00 bits per heavy atom. The van der Waals surface area contributed by atoms with Crippen LogP contribution in [0.25, 0.3) is 0 Å². The average molecular weight is 228 g/mol. The van der Waals surface area contributed by atoms with E-state index in [0.717, 1.165) is 0 Å². The van der Waals surface area contributed by atoms with Gasteiger partial charge in [0.2, 0.25) is 0 Å². The maximum absolute atomic E-state index is 11.8. The molecule has 84 valence electrons. The topological polar surface area (TPSA) is 55.1 Å². The standard InChI is InChI=1S/C10H16N2O2S/c1-3-12-6-5-11-9(10(12)14)15-8(2)4-7-13/h5-6,8,13H,3-4,7H2,1-2H3. The Hall–Kier alpha value is -0.810. The smallest absolute Gasteiger partial charge is 0.283 e. The van der Waals surface area contributed by atoms with E-state index in [1.165, 1.54) is 11.8 Å². The van der Waals surface area contributed by atoms with Crippen molar-refractivity contribution in [1.82, 2.24) is 9.55 Å². The summed E-state index contributed by atoms with van der Waals surface area (Å²) in [5, 5.41) is 9.49. The molecule has 4 nitrogen and oxygen atoms in total. The highest BCUT2D eigenvalue weighted by Gasteiger charge is 2.09. The van der Waals surface area contributed by atoms with Gasteiger partial charge in [0.05, 0.1) is 0 Å². The maximum atomic E-state index is 11.8. The van der Waals surface area contributed by atoms with Crippen LogP contribution in [-0.4, -0.2) is 26.5 Å². The predicted molar refractivity (Wildman–Crippen MR) is 61.2 cm³/mol. The Morgan fingerprint density at radius 1 is 1.67 bits per heavy atom. The Kier molecular flexibility index (Phi) is 4.84. The van der Waals surface area contributed by atoms with Crippen molar-refractivity contribution in [1.29, 1.82) is 0 Å². The summed E-state index contributed by atoms with van der Waals surface area (Å²) < 4.78 is 1.63. The number of aromatic nitrogens is 2. The van der Waals surface area contributed by atoms with E-state index in [0.29, 0.717) is 18.0 Å². The molecule has 1 unspecified atom stereocenters. The first-order valence-corrected chi connectivity index (χ1v) is 5.90. The lowest BCUT2D eigenvalue weighted by Crippen LogP contribution is -2.22. The van der Waals surface area contributed by atoms with Crippen LogP contribution in [0, 0.1) is 0 Å². The molecule has 0 saturated heterocycles. The molecular formula is C10H16N2O2S. The zero-order valence-corrected chi connectivity index (χ0v) is 9.83. The Balaban J connectivity index is 2.81. The van der Waals surface area contributed by atoms with E-state index < -0.39 is 0 Å². The quantitative estimate of drug-likeness (QED) is 0.767. The fourth-order valence-corrected chi connectivity index (χ4v) is 2.13. The summed E-state index contributed by atoms with van der Waals surface area (Å²) in [7, 11) is 0. The molecular weight excluding hydrogens is 212 g/mol. The second-order valence-electron chi connectivity index (χ2n) is 3.26.